The number of aromatic hydroxyl groups is 1. The van der Waals surface area contributed by atoms with Crippen molar-refractivity contribution in [2.75, 3.05) is 19.1 Å². The molecule has 0 aliphatic carbocycles. The number of anilines is 1. The number of nitrogens with zero attached hydrogens (tertiary/aromatic N) is 1. The van der Waals surface area contributed by atoms with Gasteiger partial charge in [-0.15, -0.1) is 0 Å². The summed E-state index contributed by atoms with van der Waals surface area (Å²) in [5.74, 6) is -1.13. The molecule has 0 bridgehead atoms. The Hall–Kier alpha value is -4.26. The standard InChI is InChI=1S/C27H25NO6/c1-15-8-10-19(12-16(15)2)28-24(17-6-5-7-20(29)13-17)23(26(31)27(28)32)25(30)18-9-11-21(33-3)22(14-18)34-4/h5-14,24,29-30H,1-4H3/b25-23+. The minimum Gasteiger partial charge on any atom is -0.508 e. The van der Waals surface area contributed by atoms with Crippen LogP contribution in [0.3, 0.4) is 0 Å². The molecular weight excluding hydrogens is 434 g/mol. The average molecular weight is 459 g/mol. The predicted octanol–water partition coefficient (Wildman–Crippen LogP) is 4.65. The molecular formula is C27H25NO6. The van der Waals surface area contributed by atoms with E-state index in [9.17, 15) is 19.8 Å². The summed E-state index contributed by atoms with van der Waals surface area (Å²) in [6, 6.07) is 15.6. The number of benzene rings is 3. The maximum absolute atomic E-state index is 13.3. The van der Waals surface area contributed by atoms with Gasteiger partial charge in [0.1, 0.15) is 11.5 Å². The molecule has 0 spiro atoms. The van der Waals surface area contributed by atoms with Crippen LogP contribution in [0.15, 0.2) is 66.2 Å². The Morgan fingerprint density at radius 3 is 2.26 bits per heavy atom. The summed E-state index contributed by atoms with van der Waals surface area (Å²) in [6.07, 6.45) is 0. The topological polar surface area (TPSA) is 96.3 Å². The summed E-state index contributed by atoms with van der Waals surface area (Å²) >= 11 is 0. The summed E-state index contributed by atoms with van der Waals surface area (Å²) < 4.78 is 10.6. The zero-order valence-electron chi connectivity index (χ0n) is 19.3. The number of ketones is 1. The van der Waals surface area contributed by atoms with Crippen LogP contribution in [0.4, 0.5) is 5.69 Å². The van der Waals surface area contributed by atoms with E-state index < -0.39 is 17.7 Å². The monoisotopic (exact) mass is 459 g/mol. The molecule has 0 saturated carbocycles. The highest BCUT2D eigenvalue weighted by molar-refractivity contribution is 6.51. The van der Waals surface area contributed by atoms with Gasteiger partial charge in [-0.05, 0) is 73.0 Å². The van der Waals surface area contributed by atoms with Crippen LogP contribution in [0.2, 0.25) is 0 Å². The minimum atomic E-state index is -0.942. The third-order valence-electron chi connectivity index (χ3n) is 6.06. The van der Waals surface area contributed by atoms with Crippen molar-refractivity contribution in [3.8, 4) is 17.2 Å². The Morgan fingerprint density at radius 2 is 1.62 bits per heavy atom. The summed E-state index contributed by atoms with van der Waals surface area (Å²) in [6.45, 7) is 3.87. The molecule has 3 aromatic rings. The minimum absolute atomic E-state index is 0.0192. The van der Waals surface area contributed by atoms with E-state index in [0.717, 1.165) is 11.1 Å². The first-order chi connectivity index (χ1) is 16.3. The molecule has 1 unspecified atom stereocenters. The van der Waals surface area contributed by atoms with Gasteiger partial charge in [-0.25, -0.2) is 0 Å². The molecule has 1 aliphatic heterocycles. The summed E-state index contributed by atoms with van der Waals surface area (Å²) in [7, 11) is 2.96. The Morgan fingerprint density at radius 1 is 0.882 bits per heavy atom. The number of hydrogen-bond acceptors (Lipinski definition) is 6. The molecule has 1 fully saturated rings. The average Bonchev–Trinajstić information content (AvgIpc) is 3.10. The molecule has 174 valence electrons. The molecule has 3 aromatic carbocycles. The number of methoxy groups -OCH3 is 2. The van der Waals surface area contributed by atoms with Crippen molar-refractivity contribution >= 4 is 23.1 Å². The van der Waals surface area contributed by atoms with Gasteiger partial charge in [0.15, 0.2) is 11.5 Å². The van der Waals surface area contributed by atoms with E-state index in [1.165, 1.54) is 37.3 Å². The first-order valence-corrected chi connectivity index (χ1v) is 10.7. The van der Waals surface area contributed by atoms with Crippen LogP contribution in [-0.2, 0) is 9.59 Å². The van der Waals surface area contributed by atoms with Crippen molar-refractivity contribution in [3.63, 3.8) is 0 Å². The molecule has 1 heterocycles. The lowest BCUT2D eigenvalue weighted by Crippen LogP contribution is -2.29. The van der Waals surface area contributed by atoms with Crippen LogP contribution in [-0.4, -0.2) is 36.1 Å². The largest absolute Gasteiger partial charge is 0.508 e. The fourth-order valence-corrected chi connectivity index (χ4v) is 4.12. The van der Waals surface area contributed by atoms with Crippen LogP contribution >= 0.6 is 0 Å². The molecule has 7 heteroatoms. The van der Waals surface area contributed by atoms with Crippen molar-refractivity contribution in [1.29, 1.82) is 0 Å². The summed E-state index contributed by atoms with van der Waals surface area (Å²) in [5, 5.41) is 21.4. The highest BCUT2D eigenvalue weighted by Crippen LogP contribution is 2.43. The summed E-state index contributed by atoms with van der Waals surface area (Å²) in [4.78, 5) is 27.9. The van der Waals surface area contributed by atoms with Crippen LogP contribution in [0.25, 0.3) is 5.76 Å². The van der Waals surface area contributed by atoms with Crippen molar-refractivity contribution < 1.29 is 29.3 Å². The molecule has 1 aliphatic rings. The number of ether oxygens (including phenoxy) is 2. The first-order valence-electron chi connectivity index (χ1n) is 10.7. The van der Waals surface area contributed by atoms with E-state index in [2.05, 4.69) is 0 Å². The van der Waals surface area contributed by atoms with Gasteiger partial charge in [-0.1, -0.05) is 18.2 Å². The lowest BCUT2D eigenvalue weighted by Gasteiger charge is -2.26. The zero-order valence-corrected chi connectivity index (χ0v) is 19.3. The van der Waals surface area contributed by atoms with Crippen LogP contribution in [0, 0.1) is 13.8 Å². The van der Waals surface area contributed by atoms with Gasteiger partial charge in [0.05, 0.1) is 25.8 Å². The number of aryl methyl sites for hydroxylation is 2. The zero-order chi connectivity index (χ0) is 24.6. The highest BCUT2D eigenvalue weighted by Gasteiger charge is 2.47. The number of Topliss-reactive ketones (excluding diaryl/α,β-unsaturated/α-hetero) is 1. The highest BCUT2D eigenvalue weighted by atomic mass is 16.5. The van der Waals surface area contributed by atoms with E-state index in [0.29, 0.717) is 28.3 Å². The number of aliphatic hydroxyl groups is 1. The SMILES string of the molecule is COc1ccc(/C(O)=C2\C(=O)C(=O)N(c3ccc(C)c(C)c3)C2c2cccc(O)c2)cc1OC. The summed E-state index contributed by atoms with van der Waals surface area (Å²) in [5.41, 5.74) is 3.21. The molecule has 1 amide bonds. The fourth-order valence-electron chi connectivity index (χ4n) is 4.12. The van der Waals surface area contributed by atoms with Gasteiger partial charge < -0.3 is 19.7 Å². The molecule has 0 aromatic heterocycles. The number of amides is 1. The smallest absolute Gasteiger partial charge is 0.300 e. The maximum Gasteiger partial charge on any atom is 0.300 e. The third-order valence-corrected chi connectivity index (χ3v) is 6.06. The first kappa shape index (κ1) is 22.9. The Kier molecular flexibility index (Phi) is 6.03. The van der Waals surface area contributed by atoms with E-state index in [-0.39, 0.29) is 17.1 Å². The van der Waals surface area contributed by atoms with Crippen molar-refractivity contribution in [2.45, 2.75) is 19.9 Å². The lowest BCUT2D eigenvalue weighted by molar-refractivity contribution is -0.132. The maximum atomic E-state index is 13.3. The molecule has 1 saturated heterocycles. The fraction of sp³-hybridized carbons (Fsp3) is 0.185. The number of carbonyl (C=O) groups is 2. The molecule has 1 atom stereocenters. The van der Waals surface area contributed by atoms with Gasteiger partial charge in [0, 0.05) is 11.3 Å². The second kappa shape index (κ2) is 8.94. The van der Waals surface area contributed by atoms with Gasteiger partial charge in [-0.2, -0.15) is 0 Å². The molecule has 0 radical (unpaired) electrons. The number of phenols is 1. The number of aliphatic hydroxyl groups excluding tert-OH is 1. The van der Waals surface area contributed by atoms with Crippen LogP contribution < -0.4 is 14.4 Å². The molecule has 2 N–H and O–H groups in total. The van der Waals surface area contributed by atoms with Gasteiger partial charge in [0.2, 0.25) is 0 Å². The Bertz CT molecular complexity index is 1330. The predicted molar refractivity (Wildman–Crippen MR) is 128 cm³/mol. The Balaban J connectivity index is 1.96. The van der Waals surface area contributed by atoms with Crippen molar-refractivity contribution in [1.82, 2.24) is 0 Å². The van der Waals surface area contributed by atoms with E-state index >= 15 is 0 Å². The molecule has 7 nitrogen and oxygen atoms in total. The van der Waals surface area contributed by atoms with Gasteiger partial charge in [-0.3, -0.25) is 14.5 Å². The number of hydrogen-bond donors (Lipinski definition) is 2. The van der Waals surface area contributed by atoms with Crippen molar-refractivity contribution in [3.05, 3.63) is 88.5 Å². The van der Waals surface area contributed by atoms with E-state index in [1.807, 2.05) is 26.0 Å². The quantitative estimate of drug-likeness (QED) is 0.328. The second-order valence-corrected chi connectivity index (χ2v) is 8.10. The third kappa shape index (κ3) is 3.85. The normalized spacial score (nSPS) is 17.2. The lowest BCUT2D eigenvalue weighted by atomic mass is 9.94. The van der Waals surface area contributed by atoms with Crippen molar-refractivity contribution in [2.24, 2.45) is 0 Å². The van der Waals surface area contributed by atoms with E-state index in [4.69, 9.17) is 9.47 Å². The van der Waals surface area contributed by atoms with Crippen LogP contribution in [0.5, 0.6) is 17.2 Å². The van der Waals surface area contributed by atoms with E-state index in [1.54, 1.807) is 30.3 Å². The number of phenolic OH excluding ortho intramolecular Hbond substituents is 1. The molecule has 34 heavy (non-hydrogen) atoms. The van der Waals surface area contributed by atoms with Crippen LogP contribution in [0.1, 0.15) is 28.3 Å². The second-order valence-electron chi connectivity index (χ2n) is 8.10. The van der Waals surface area contributed by atoms with Gasteiger partial charge >= 0.3 is 0 Å². The Labute approximate surface area is 197 Å². The van der Waals surface area contributed by atoms with Gasteiger partial charge in [0.25, 0.3) is 11.7 Å². The number of carbonyl (C=O) groups excluding carboxylic acids is 2. The molecule has 4 rings (SSSR count). The number of rotatable bonds is 5.